The number of benzene rings is 2. The lowest BCUT2D eigenvalue weighted by molar-refractivity contribution is -0.119. The smallest absolute Gasteiger partial charge is 0.359 e. The standard InChI is InChI=1S/C22H21N3O5/c1-15-8-10-19(29-2)18(12-15)23-20(26)14-30-22(28)17-9-11-21(27)25(24-17)13-16-6-4-3-5-7-16/h3-12H,13-14H2,1-2H3,(H,23,26). The number of rotatable bonds is 7. The molecule has 0 fully saturated rings. The number of hydrogen-bond donors (Lipinski definition) is 1. The van der Waals surface area contributed by atoms with Crippen LogP contribution < -0.4 is 15.6 Å². The van der Waals surface area contributed by atoms with Gasteiger partial charge >= 0.3 is 5.97 Å². The summed E-state index contributed by atoms with van der Waals surface area (Å²) in [6, 6.07) is 17.1. The number of methoxy groups -OCH3 is 1. The molecule has 1 heterocycles. The molecule has 0 aliphatic heterocycles. The van der Waals surface area contributed by atoms with Crippen LogP contribution in [-0.2, 0) is 16.1 Å². The predicted molar refractivity (Wildman–Crippen MR) is 111 cm³/mol. The van der Waals surface area contributed by atoms with Crippen LogP contribution in [0.5, 0.6) is 5.75 Å². The third-order valence-corrected chi connectivity index (χ3v) is 4.21. The van der Waals surface area contributed by atoms with Crippen molar-refractivity contribution in [2.45, 2.75) is 13.5 Å². The van der Waals surface area contributed by atoms with E-state index in [1.165, 1.54) is 23.9 Å². The van der Waals surface area contributed by atoms with E-state index in [-0.39, 0.29) is 17.8 Å². The van der Waals surface area contributed by atoms with Crippen LogP contribution in [0.4, 0.5) is 5.69 Å². The number of nitrogens with zero attached hydrogens (tertiary/aromatic N) is 2. The van der Waals surface area contributed by atoms with Gasteiger partial charge in [-0.05, 0) is 36.2 Å². The van der Waals surface area contributed by atoms with Crippen molar-refractivity contribution in [3.05, 3.63) is 87.8 Å². The molecule has 0 radical (unpaired) electrons. The number of hydrogen-bond acceptors (Lipinski definition) is 6. The van der Waals surface area contributed by atoms with E-state index < -0.39 is 18.5 Å². The van der Waals surface area contributed by atoms with Crippen molar-refractivity contribution in [3.8, 4) is 5.75 Å². The van der Waals surface area contributed by atoms with Crippen LogP contribution in [0.15, 0.2) is 65.5 Å². The highest BCUT2D eigenvalue weighted by atomic mass is 16.5. The lowest BCUT2D eigenvalue weighted by Gasteiger charge is -2.11. The van der Waals surface area contributed by atoms with Crippen molar-refractivity contribution in [3.63, 3.8) is 0 Å². The molecular weight excluding hydrogens is 386 g/mol. The van der Waals surface area contributed by atoms with Gasteiger partial charge in [-0.1, -0.05) is 36.4 Å². The van der Waals surface area contributed by atoms with E-state index in [9.17, 15) is 14.4 Å². The van der Waals surface area contributed by atoms with Gasteiger partial charge in [0.15, 0.2) is 12.3 Å². The average molecular weight is 407 g/mol. The van der Waals surface area contributed by atoms with Gasteiger partial charge in [-0.2, -0.15) is 5.10 Å². The van der Waals surface area contributed by atoms with E-state index in [0.29, 0.717) is 11.4 Å². The first-order chi connectivity index (χ1) is 14.5. The SMILES string of the molecule is COc1ccc(C)cc1NC(=O)COC(=O)c1ccc(=O)n(Cc2ccccc2)n1. The molecule has 0 aliphatic rings. The van der Waals surface area contributed by atoms with Crippen molar-refractivity contribution in [2.75, 3.05) is 19.0 Å². The van der Waals surface area contributed by atoms with Crippen molar-refractivity contribution in [2.24, 2.45) is 0 Å². The van der Waals surface area contributed by atoms with Crippen LogP contribution >= 0.6 is 0 Å². The van der Waals surface area contributed by atoms with Crippen molar-refractivity contribution in [1.29, 1.82) is 0 Å². The van der Waals surface area contributed by atoms with E-state index in [2.05, 4.69) is 10.4 Å². The van der Waals surface area contributed by atoms with Crippen LogP contribution in [0.3, 0.4) is 0 Å². The third-order valence-electron chi connectivity index (χ3n) is 4.21. The van der Waals surface area contributed by atoms with Crippen molar-refractivity contribution in [1.82, 2.24) is 9.78 Å². The number of amides is 1. The summed E-state index contributed by atoms with van der Waals surface area (Å²) in [6.07, 6.45) is 0. The van der Waals surface area contributed by atoms with Gasteiger partial charge in [-0.15, -0.1) is 0 Å². The Balaban J connectivity index is 1.63. The number of anilines is 1. The van der Waals surface area contributed by atoms with Gasteiger partial charge in [0.1, 0.15) is 5.75 Å². The van der Waals surface area contributed by atoms with E-state index in [4.69, 9.17) is 9.47 Å². The molecule has 154 valence electrons. The Morgan fingerprint density at radius 2 is 1.83 bits per heavy atom. The largest absolute Gasteiger partial charge is 0.495 e. The monoisotopic (exact) mass is 407 g/mol. The number of carbonyl (C=O) groups excluding carboxylic acids is 2. The Labute approximate surface area is 173 Å². The van der Waals surface area contributed by atoms with E-state index >= 15 is 0 Å². The first-order valence-electron chi connectivity index (χ1n) is 9.20. The Morgan fingerprint density at radius 3 is 2.57 bits per heavy atom. The number of ether oxygens (including phenoxy) is 2. The molecule has 1 amide bonds. The van der Waals surface area contributed by atoms with Gasteiger partial charge in [0, 0.05) is 6.07 Å². The molecule has 8 heteroatoms. The van der Waals surface area contributed by atoms with Crippen molar-refractivity contribution < 1.29 is 19.1 Å². The van der Waals surface area contributed by atoms with Crippen LogP contribution in [-0.4, -0.2) is 35.4 Å². The van der Waals surface area contributed by atoms with Gasteiger partial charge in [-0.25, -0.2) is 9.48 Å². The molecule has 0 saturated heterocycles. The molecule has 0 spiro atoms. The third kappa shape index (κ3) is 5.32. The zero-order valence-electron chi connectivity index (χ0n) is 16.6. The van der Waals surface area contributed by atoms with Crippen LogP contribution in [0.1, 0.15) is 21.6 Å². The van der Waals surface area contributed by atoms with E-state index in [1.54, 1.807) is 12.1 Å². The zero-order chi connectivity index (χ0) is 21.5. The molecule has 1 aromatic heterocycles. The Hall–Kier alpha value is -3.94. The summed E-state index contributed by atoms with van der Waals surface area (Å²) in [5.41, 5.74) is 1.87. The maximum Gasteiger partial charge on any atom is 0.359 e. The van der Waals surface area contributed by atoms with Gasteiger partial charge in [0.05, 0.1) is 19.3 Å². The minimum Gasteiger partial charge on any atom is -0.495 e. The molecule has 2 aromatic carbocycles. The van der Waals surface area contributed by atoms with Gasteiger partial charge < -0.3 is 14.8 Å². The second-order valence-electron chi connectivity index (χ2n) is 6.53. The maximum atomic E-state index is 12.3. The molecule has 8 nitrogen and oxygen atoms in total. The Kier molecular flexibility index (Phi) is 6.59. The molecule has 0 atom stereocenters. The topological polar surface area (TPSA) is 99.5 Å². The highest BCUT2D eigenvalue weighted by Gasteiger charge is 2.15. The first kappa shape index (κ1) is 20.8. The first-order valence-corrected chi connectivity index (χ1v) is 9.20. The summed E-state index contributed by atoms with van der Waals surface area (Å²) in [6.45, 7) is 1.59. The van der Waals surface area contributed by atoms with Crippen LogP contribution in [0.2, 0.25) is 0 Å². The summed E-state index contributed by atoms with van der Waals surface area (Å²) in [5, 5.41) is 6.69. The molecule has 0 bridgehead atoms. The lowest BCUT2D eigenvalue weighted by atomic mass is 10.2. The minimum atomic E-state index is -0.803. The molecule has 0 aliphatic carbocycles. The normalized spacial score (nSPS) is 10.3. The summed E-state index contributed by atoms with van der Waals surface area (Å²) < 4.78 is 11.4. The highest BCUT2D eigenvalue weighted by Crippen LogP contribution is 2.25. The van der Waals surface area contributed by atoms with Crippen molar-refractivity contribution >= 4 is 17.6 Å². The highest BCUT2D eigenvalue weighted by molar-refractivity contribution is 5.95. The quantitative estimate of drug-likeness (QED) is 0.604. The lowest BCUT2D eigenvalue weighted by Crippen LogP contribution is -2.26. The summed E-state index contributed by atoms with van der Waals surface area (Å²) >= 11 is 0. The number of esters is 1. The second-order valence-corrected chi connectivity index (χ2v) is 6.53. The van der Waals surface area contributed by atoms with Gasteiger partial charge in [0.25, 0.3) is 11.5 Å². The predicted octanol–water partition coefficient (Wildman–Crippen LogP) is 2.40. The van der Waals surface area contributed by atoms with Gasteiger partial charge in [0.2, 0.25) is 0 Å². The number of carbonyl (C=O) groups is 2. The molecule has 3 aromatic rings. The van der Waals surface area contributed by atoms with Gasteiger partial charge in [-0.3, -0.25) is 9.59 Å². The maximum absolute atomic E-state index is 12.3. The average Bonchev–Trinajstić information content (AvgIpc) is 2.74. The molecular formula is C22H21N3O5. The van der Waals surface area contributed by atoms with E-state index in [0.717, 1.165) is 11.1 Å². The van der Waals surface area contributed by atoms with Crippen LogP contribution in [0.25, 0.3) is 0 Å². The second kappa shape index (κ2) is 9.51. The Morgan fingerprint density at radius 1 is 1.07 bits per heavy atom. The molecule has 0 saturated carbocycles. The fourth-order valence-corrected chi connectivity index (χ4v) is 2.74. The van der Waals surface area contributed by atoms with Crippen LogP contribution in [0, 0.1) is 6.92 Å². The molecule has 0 unspecified atom stereocenters. The summed E-state index contributed by atoms with van der Waals surface area (Å²) in [7, 11) is 1.50. The fourth-order valence-electron chi connectivity index (χ4n) is 2.74. The molecule has 1 N–H and O–H groups in total. The number of aromatic nitrogens is 2. The number of nitrogens with one attached hydrogen (secondary N) is 1. The molecule has 30 heavy (non-hydrogen) atoms. The minimum absolute atomic E-state index is 0.0635. The summed E-state index contributed by atoms with van der Waals surface area (Å²) in [4.78, 5) is 36.5. The Bertz CT molecular complexity index is 1110. The summed E-state index contributed by atoms with van der Waals surface area (Å²) in [5.74, 6) is -0.831. The number of aryl methyl sites for hydroxylation is 1. The van der Waals surface area contributed by atoms with E-state index in [1.807, 2.05) is 43.3 Å². The zero-order valence-corrected chi connectivity index (χ0v) is 16.6. The molecule has 3 rings (SSSR count). The fraction of sp³-hybridized carbons (Fsp3) is 0.182.